The van der Waals surface area contributed by atoms with Gasteiger partial charge in [0.15, 0.2) is 0 Å². The van der Waals surface area contributed by atoms with Crippen molar-refractivity contribution < 1.29 is 0 Å². The molecular weight excluding hydrogens is 144 g/mol. The minimum Gasteiger partial charge on any atom is -0.0845 e. The molecule has 0 radical (unpaired) electrons. The van der Waals surface area contributed by atoms with E-state index in [1.165, 1.54) is 25.7 Å². The van der Waals surface area contributed by atoms with Crippen LogP contribution >= 0.6 is 0 Å². The lowest BCUT2D eigenvalue weighted by Crippen LogP contribution is -2.10. The largest absolute Gasteiger partial charge is 0.0845 e. The van der Waals surface area contributed by atoms with Crippen LogP contribution in [0.25, 0.3) is 0 Å². The van der Waals surface area contributed by atoms with E-state index in [0.29, 0.717) is 5.41 Å². The van der Waals surface area contributed by atoms with E-state index in [-0.39, 0.29) is 0 Å². The van der Waals surface area contributed by atoms with Crippen LogP contribution < -0.4 is 0 Å². The maximum atomic E-state index is 2.39. The fourth-order valence-corrected chi connectivity index (χ4v) is 2.61. The van der Waals surface area contributed by atoms with E-state index in [1.807, 2.05) is 0 Å². The summed E-state index contributed by atoms with van der Waals surface area (Å²) in [4.78, 5) is 0. The average molecular weight is 162 g/mol. The number of rotatable bonds is 0. The van der Waals surface area contributed by atoms with Crippen molar-refractivity contribution in [2.75, 3.05) is 0 Å². The molecular formula is C12H18. The van der Waals surface area contributed by atoms with Crippen molar-refractivity contribution in [3.63, 3.8) is 0 Å². The third-order valence-corrected chi connectivity index (χ3v) is 3.43. The molecule has 66 valence electrons. The summed E-state index contributed by atoms with van der Waals surface area (Å²) in [6, 6.07) is 0. The van der Waals surface area contributed by atoms with Crippen molar-refractivity contribution in [1.82, 2.24) is 0 Å². The van der Waals surface area contributed by atoms with Gasteiger partial charge in [0.25, 0.3) is 0 Å². The van der Waals surface area contributed by atoms with Gasteiger partial charge < -0.3 is 0 Å². The molecule has 1 atom stereocenters. The molecule has 0 saturated heterocycles. The van der Waals surface area contributed by atoms with Crippen molar-refractivity contribution in [3.8, 4) is 0 Å². The van der Waals surface area contributed by atoms with Crippen LogP contribution in [0.2, 0.25) is 0 Å². The fourth-order valence-electron chi connectivity index (χ4n) is 2.61. The summed E-state index contributed by atoms with van der Waals surface area (Å²) in [5.41, 5.74) is 2.19. The van der Waals surface area contributed by atoms with Gasteiger partial charge >= 0.3 is 0 Å². The van der Waals surface area contributed by atoms with E-state index in [4.69, 9.17) is 0 Å². The highest BCUT2D eigenvalue weighted by Gasteiger charge is 2.35. The first kappa shape index (κ1) is 8.10. The second-order valence-corrected chi connectivity index (χ2v) is 4.75. The predicted octanol–water partition coefficient (Wildman–Crippen LogP) is 3.70. The second kappa shape index (κ2) is 2.76. The SMILES string of the molecule is CC1(C)CCC2CCC=CC=C21. The summed E-state index contributed by atoms with van der Waals surface area (Å²) in [6.45, 7) is 4.77. The molecule has 1 saturated carbocycles. The molecule has 0 heterocycles. The van der Waals surface area contributed by atoms with Crippen molar-refractivity contribution in [1.29, 1.82) is 0 Å². The smallest absolute Gasteiger partial charge is 0.0139 e. The van der Waals surface area contributed by atoms with Gasteiger partial charge in [-0.25, -0.2) is 0 Å². The Morgan fingerprint density at radius 2 is 2.17 bits per heavy atom. The molecule has 0 amide bonds. The Morgan fingerprint density at radius 1 is 1.33 bits per heavy atom. The molecule has 0 spiro atoms. The lowest BCUT2D eigenvalue weighted by Gasteiger charge is -2.21. The van der Waals surface area contributed by atoms with Crippen LogP contribution in [0.4, 0.5) is 0 Å². The molecule has 0 aliphatic heterocycles. The van der Waals surface area contributed by atoms with E-state index in [1.54, 1.807) is 5.57 Å². The van der Waals surface area contributed by atoms with E-state index in [9.17, 15) is 0 Å². The van der Waals surface area contributed by atoms with Crippen molar-refractivity contribution in [2.24, 2.45) is 11.3 Å². The molecule has 1 fully saturated rings. The maximum absolute atomic E-state index is 2.39. The van der Waals surface area contributed by atoms with Crippen LogP contribution in [0.5, 0.6) is 0 Å². The summed E-state index contributed by atoms with van der Waals surface area (Å²) >= 11 is 0. The van der Waals surface area contributed by atoms with Crippen LogP contribution in [0.3, 0.4) is 0 Å². The standard InChI is InChI=1S/C12H18/c1-12(2)9-8-10-6-4-3-5-7-11(10)12/h3,5,7,10H,4,6,8-9H2,1-2H3. The molecule has 0 heteroatoms. The quantitative estimate of drug-likeness (QED) is 0.509. The highest BCUT2D eigenvalue weighted by Crippen LogP contribution is 2.48. The lowest BCUT2D eigenvalue weighted by molar-refractivity contribution is 0.461. The van der Waals surface area contributed by atoms with Gasteiger partial charge in [-0.3, -0.25) is 0 Å². The number of allylic oxidation sites excluding steroid dienone is 4. The number of hydrogen-bond donors (Lipinski definition) is 0. The Morgan fingerprint density at radius 3 is 3.00 bits per heavy atom. The van der Waals surface area contributed by atoms with Crippen LogP contribution in [-0.4, -0.2) is 0 Å². The van der Waals surface area contributed by atoms with E-state index < -0.39 is 0 Å². The summed E-state index contributed by atoms with van der Waals surface area (Å²) < 4.78 is 0. The Labute approximate surface area is 75.4 Å². The second-order valence-electron chi connectivity index (χ2n) is 4.75. The molecule has 0 bridgehead atoms. The Bertz CT molecular complexity index is 230. The first-order chi connectivity index (χ1) is 5.70. The highest BCUT2D eigenvalue weighted by atomic mass is 14.4. The van der Waals surface area contributed by atoms with Gasteiger partial charge in [-0.2, -0.15) is 0 Å². The molecule has 2 aliphatic rings. The molecule has 2 rings (SSSR count). The Kier molecular flexibility index (Phi) is 1.86. The lowest BCUT2D eigenvalue weighted by atomic mass is 9.84. The van der Waals surface area contributed by atoms with Gasteiger partial charge in [-0.05, 0) is 37.0 Å². The summed E-state index contributed by atoms with van der Waals surface area (Å²) in [5.74, 6) is 0.898. The minimum absolute atomic E-state index is 0.485. The molecule has 1 unspecified atom stereocenters. The van der Waals surface area contributed by atoms with Gasteiger partial charge in [-0.1, -0.05) is 37.6 Å². The van der Waals surface area contributed by atoms with Gasteiger partial charge in [0.1, 0.15) is 0 Å². The Hall–Kier alpha value is -0.520. The van der Waals surface area contributed by atoms with Crippen LogP contribution in [0, 0.1) is 11.3 Å². The molecule has 2 aliphatic carbocycles. The summed E-state index contributed by atoms with van der Waals surface area (Å²) in [6.07, 6.45) is 12.4. The number of hydrogen-bond acceptors (Lipinski definition) is 0. The number of fused-ring (bicyclic) bond motifs is 1. The normalized spacial score (nSPS) is 32.5. The summed E-state index contributed by atoms with van der Waals surface area (Å²) in [7, 11) is 0. The van der Waals surface area contributed by atoms with Gasteiger partial charge in [-0.15, -0.1) is 0 Å². The molecule has 12 heavy (non-hydrogen) atoms. The maximum Gasteiger partial charge on any atom is -0.0139 e. The van der Waals surface area contributed by atoms with Crippen molar-refractivity contribution >= 4 is 0 Å². The zero-order valence-electron chi connectivity index (χ0n) is 8.14. The molecule has 0 aromatic rings. The first-order valence-electron chi connectivity index (χ1n) is 5.07. The predicted molar refractivity (Wildman–Crippen MR) is 53.0 cm³/mol. The van der Waals surface area contributed by atoms with Gasteiger partial charge in [0, 0.05) is 0 Å². The van der Waals surface area contributed by atoms with E-state index in [0.717, 1.165) is 5.92 Å². The molecule has 0 aromatic carbocycles. The van der Waals surface area contributed by atoms with Gasteiger partial charge in [0.2, 0.25) is 0 Å². The first-order valence-corrected chi connectivity index (χ1v) is 5.07. The van der Waals surface area contributed by atoms with Crippen molar-refractivity contribution in [3.05, 3.63) is 23.8 Å². The topological polar surface area (TPSA) is 0 Å². The minimum atomic E-state index is 0.485. The summed E-state index contributed by atoms with van der Waals surface area (Å²) in [5, 5.41) is 0. The zero-order chi connectivity index (χ0) is 8.60. The molecule has 0 N–H and O–H groups in total. The zero-order valence-corrected chi connectivity index (χ0v) is 8.14. The van der Waals surface area contributed by atoms with E-state index >= 15 is 0 Å². The monoisotopic (exact) mass is 162 g/mol. The third-order valence-electron chi connectivity index (χ3n) is 3.43. The molecule has 0 nitrogen and oxygen atoms in total. The van der Waals surface area contributed by atoms with E-state index in [2.05, 4.69) is 32.1 Å². The highest BCUT2D eigenvalue weighted by molar-refractivity contribution is 5.26. The van der Waals surface area contributed by atoms with Crippen molar-refractivity contribution in [2.45, 2.75) is 39.5 Å². The third kappa shape index (κ3) is 1.24. The van der Waals surface area contributed by atoms with Crippen LogP contribution in [0.15, 0.2) is 23.8 Å². The van der Waals surface area contributed by atoms with Crippen LogP contribution in [-0.2, 0) is 0 Å². The average Bonchev–Trinajstić information content (AvgIpc) is 2.27. The molecule has 0 aromatic heterocycles. The van der Waals surface area contributed by atoms with Gasteiger partial charge in [0.05, 0.1) is 0 Å². The van der Waals surface area contributed by atoms with Crippen LogP contribution in [0.1, 0.15) is 39.5 Å². The fraction of sp³-hybridized carbons (Fsp3) is 0.667. The Balaban J connectivity index is 2.29.